The first-order chi connectivity index (χ1) is 12.8. The first-order valence-electron chi connectivity index (χ1n) is 8.01. The van der Waals surface area contributed by atoms with Crippen LogP contribution in [0.15, 0.2) is 42.5 Å². The molecule has 8 heteroatoms. The molecule has 0 saturated heterocycles. The van der Waals surface area contributed by atoms with Gasteiger partial charge in [0.2, 0.25) is 0 Å². The third kappa shape index (κ3) is 5.67. The van der Waals surface area contributed by atoms with Crippen molar-refractivity contribution in [3.63, 3.8) is 0 Å². The fraction of sp³-hybridized carbons (Fsp3) is 0.263. The van der Waals surface area contributed by atoms with Crippen LogP contribution in [-0.4, -0.2) is 31.7 Å². The zero-order valence-electron chi connectivity index (χ0n) is 15.0. The van der Waals surface area contributed by atoms with Crippen molar-refractivity contribution in [3.05, 3.63) is 53.6 Å². The first kappa shape index (κ1) is 20.2. The number of ether oxygens (including phenoxy) is 3. The third-order valence-electron chi connectivity index (χ3n) is 3.58. The summed E-state index contributed by atoms with van der Waals surface area (Å²) in [5.41, 5.74) is 1.48. The number of methoxy groups -OCH3 is 1. The number of nitrogens with one attached hydrogen (secondary N) is 1. The van der Waals surface area contributed by atoms with Gasteiger partial charge in [0, 0.05) is 0 Å². The molecule has 144 valence electrons. The molecule has 0 heterocycles. The molecule has 0 aliphatic carbocycles. The number of benzene rings is 2. The number of halogens is 2. The Morgan fingerprint density at radius 1 is 1.07 bits per heavy atom. The lowest BCUT2D eigenvalue weighted by atomic mass is 10.2. The van der Waals surface area contributed by atoms with E-state index in [0.717, 1.165) is 5.56 Å². The summed E-state index contributed by atoms with van der Waals surface area (Å²) in [6.07, 6.45) is -1.08. The van der Waals surface area contributed by atoms with Gasteiger partial charge in [-0.15, -0.1) is 0 Å². The molecule has 6 nitrogen and oxygen atoms in total. The van der Waals surface area contributed by atoms with Crippen LogP contribution in [0.2, 0.25) is 0 Å². The summed E-state index contributed by atoms with van der Waals surface area (Å²) in [7, 11) is 1.48. The summed E-state index contributed by atoms with van der Waals surface area (Å²) in [6.45, 7) is 0.328. The lowest BCUT2D eigenvalue weighted by molar-refractivity contribution is -0.123. The van der Waals surface area contributed by atoms with E-state index in [1.807, 2.05) is 13.0 Å². The van der Waals surface area contributed by atoms with Crippen molar-refractivity contribution >= 4 is 17.6 Å². The van der Waals surface area contributed by atoms with Crippen molar-refractivity contribution in [1.82, 2.24) is 0 Å². The summed E-state index contributed by atoms with van der Waals surface area (Å²) in [4.78, 5) is 24.4. The summed E-state index contributed by atoms with van der Waals surface area (Å²) < 4.78 is 38.8. The number of rotatable bonds is 7. The van der Waals surface area contributed by atoms with Gasteiger partial charge >= 0.3 is 12.6 Å². The quantitative estimate of drug-likeness (QED) is 0.741. The van der Waals surface area contributed by atoms with Crippen LogP contribution in [0.3, 0.4) is 0 Å². The highest BCUT2D eigenvalue weighted by Crippen LogP contribution is 2.25. The van der Waals surface area contributed by atoms with Crippen LogP contribution < -0.4 is 14.8 Å². The van der Waals surface area contributed by atoms with Gasteiger partial charge in [-0.25, -0.2) is 4.79 Å². The topological polar surface area (TPSA) is 73.9 Å². The maximum Gasteiger partial charge on any atom is 0.387 e. The highest BCUT2D eigenvalue weighted by atomic mass is 19.3. The summed E-state index contributed by atoms with van der Waals surface area (Å²) in [5, 5.41) is 2.65. The number of amides is 1. The van der Waals surface area contributed by atoms with Crippen LogP contribution in [0.1, 0.15) is 22.8 Å². The fourth-order valence-corrected chi connectivity index (χ4v) is 2.21. The Labute approximate surface area is 155 Å². The Morgan fingerprint density at radius 2 is 1.74 bits per heavy atom. The number of aryl methyl sites for hydroxylation is 1. The number of carbonyl (C=O) groups is 2. The first-order valence-corrected chi connectivity index (χ1v) is 8.01. The standard InChI is InChI=1S/C19H19F2NO5/c1-11-4-9-16(25-3)15(10-11)22-17(23)12(2)26-18(24)13-5-7-14(8-6-13)27-19(20)21/h4-10,12,19H,1-3H3,(H,22,23). The van der Waals surface area contributed by atoms with Gasteiger partial charge in [-0.1, -0.05) is 6.07 Å². The van der Waals surface area contributed by atoms with Crippen LogP contribution >= 0.6 is 0 Å². The van der Waals surface area contributed by atoms with Crippen LogP contribution in [0, 0.1) is 6.92 Å². The molecule has 1 amide bonds. The van der Waals surface area contributed by atoms with E-state index >= 15 is 0 Å². The molecule has 0 spiro atoms. The average molecular weight is 379 g/mol. The van der Waals surface area contributed by atoms with Gasteiger partial charge in [-0.05, 0) is 55.8 Å². The molecule has 0 aromatic heterocycles. The van der Waals surface area contributed by atoms with Gasteiger partial charge in [0.15, 0.2) is 6.10 Å². The van der Waals surface area contributed by atoms with Crippen molar-refractivity contribution < 1.29 is 32.6 Å². The van der Waals surface area contributed by atoms with Crippen molar-refractivity contribution in [2.75, 3.05) is 12.4 Å². The highest BCUT2D eigenvalue weighted by molar-refractivity contribution is 5.98. The summed E-state index contributed by atoms with van der Waals surface area (Å²) in [5.74, 6) is -0.914. The van der Waals surface area contributed by atoms with Gasteiger partial charge in [0.1, 0.15) is 11.5 Å². The lowest BCUT2D eigenvalue weighted by Crippen LogP contribution is -2.30. The molecule has 0 aliphatic heterocycles. The number of carbonyl (C=O) groups excluding carboxylic acids is 2. The molecule has 0 fully saturated rings. The second-order valence-electron chi connectivity index (χ2n) is 5.64. The van der Waals surface area contributed by atoms with Crippen LogP contribution in [0.25, 0.3) is 0 Å². The number of hydrogen-bond donors (Lipinski definition) is 1. The smallest absolute Gasteiger partial charge is 0.387 e. The molecule has 1 unspecified atom stereocenters. The predicted molar refractivity (Wildman–Crippen MR) is 94.3 cm³/mol. The minimum atomic E-state index is -2.95. The Bertz CT molecular complexity index is 808. The van der Waals surface area contributed by atoms with Gasteiger partial charge in [0.25, 0.3) is 5.91 Å². The molecule has 2 aromatic rings. The maximum atomic E-state index is 12.3. The Balaban J connectivity index is 1.99. The molecule has 2 aromatic carbocycles. The molecule has 1 atom stereocenters. The molecule has 0 radical (unpaired) electrons. The molecular formula is C19H19F2NO5. The predicted octanol–water partition coefficient (Wildman–Crippen LogP) is 3.79. The van der Waals surface area contributed by atoms with Crippen molar-refractivity contribution in [2.45, 2.75) is 26.6 Å². The molecule has 0 bridgehead atoms. The molecule has 1 N–H and O–H groups in total. The van der Waals surface area contributed by atoms with Gasteiger partial charge < -0.3 is 19.5 Å². The van der Waals surface area contributed by atoms with Crippen LogP contribution in [0.4, 0.5) is 14.5 Å². The maximum absolute atomic E-state index is 12.3. The Kier molecular flexibility index (Phi) is 6.70. The summed E-state index contributed by atoms with van der Waals surface area (Å²) >= 11 is 0. The van der Waals surface area contributed by atoms with Gasteiger partial charge in [0.05, 0.1) is 18.4 Å². The molecule has 2 rings (SSSR count). The molecule has 0 aliphatic rings. The van der Waals surface area contributed by atoms with Crippen molar-refractivity contribution in [2.24, 2.45) is 0 Å². The van der Waals surface area contributed by atoms with Crippen LogP contribution in [-0.2, 0) is 9.53 Å². The van der Waals surface area contributed by atoms with Crippen molar-refractivity contribution in [3.8, 4) is 11.5 Å². The van der Waals surface area contributed by atoms with Gasteiger partial charge in [-0.3, -0.25) is 4.79 Å². The number of esters is 1. The van der Waals surface area contributed by atoms with E-state index in [0.29, 0.717) is 11.4 Å². The monoisotopic (exact) mass is 379 g/mol. The minimum Gasteiger partial charge on any atom is -0.495 e. The van der Waals surface area contributed by atoms with E-state index < -0.39 is 24.6 Å². The Morgan fingerprint density at radius 3 is 2.33 bits per heavy atom. The third-order valence-corrected chi connectivity index (χ3v) is 3.58. The minimum absolute atomic E-state index is 0.0844. The van der Waals surface area contributed by atoms with Crippen LogP contribution in [0.5, 0.6) is 11.5 Å². The Hall–Kier alpha value is -3.16. The largest absolute Gasteiger partial charge is 0.495 e. The second-order valence-corrected chi connectivity index (χ2v) is 5.64. The van der Waals surface area contributed by atoms with E-state index in [1.54, 1.807) is 12.1 Å². The van der Waals surface area contributed by atoms with Gasteiger partial charge in [-0.2, -0.15) is 8.78 Å². The number of alkyl halides is 2. The number of hydrogen-bond acceptors (Lipinski definition) is 5. The highest BCUT2D eigenvalue weighted by Gasteiger charge is 2.20. The molecule has 27 heavy (non-hydrogen) atoms. The molecule has 0 saturated carbocycles. The fourth-order valence-electron chi connectivity index (χ4n) is 2.21. The van der Waals surface area contributed by atoms with E-state index in [4.69, 9.17) is 9.47 Å². The lowest BCUT2D eigenvalue weighted by Gasteiger charge is -2.15. The zero-order chi connectivity index (χ0) is 20.0. The summed E-state index contributed by atoms with van der Waals surface area (Å²) in [6, 6.07) is 10.2. The zero-order valence-corrected chi connectivity index (χ0v) is 15.0. The normalized spacial score (nSPS) is 11.6. The average Bonchev–Trinajstić information content (AvgIpc) is 2.61. The van der Waals surface area contributed by atoms with E-state index in [9.17, 15) is 18.4 Å². The molecular weight excluding hydrogens is 360 g/mol. The van der Waals surface area contributed by atoms with Crippen molar-refractivity contribution in [1.29, 1.82) is 0 Å². The number of anilines is 1. The van der Waals surface area contributed by atoms with E-state index in [2.05, 4.69) is 10.1 Å². The second kappa shape index (κ2) is 8.98. The van der Waals surface area contributed by atoms with E-state index in [-0.39, 0.29) is 11.3 Å². The SMILES string of the molecule is COc1ccc(C)cc1NC(=O)C(C)OC(=O)c1ccc(OC(F)F)cc1. The van der Waals surface area contributed by atoms with E-state index in [1.165, 1.54) is 38.3 Å².